The maximum Gasteiger partial charge on any atom is 0.307 e. The van der Waals surface area contributed by atoms with Gasteiger partial charge in [-0.25, -0.2) is 0 Å². The molecule has 0 saturated carbocycles. The Morgan fingerprint density at radius 3 is 3.00 bits per heavy atom. The molecule has 2 atom stereocenters. The van der Waals surface area contributed by atoms with Crippen LogP contribution < -0.4 is 10.6 Å². The highest BCUT2D eigenvalue weighted by molar-refractivity contribution is 5.79. The van der Waals surface area contributed by atoms with Crippen LogP contribution in [0.15, 0.2) is 0 Å². The second kappa shape index (κ2) is 4.95. The van der Waals surface area contributed by atoms with E-state index in [4.69, 9.17) is 0 Å². The molecule has 1 aliphatic rings. The maximum atomic E-state index is 10.9. The van der Waals surface area contributed by atoms with E-state index in [1.165, 1.54) is 7.11 Å². The predicted molar refractivity (Wildman–Crippen MR) is 50.6 cm³/mol. The molecule has 2 N–H and O–H groups in total. The molecular weight excluding hydrogens is 184 g/mol. The molecule has 1 amide bonds. The topological polar surface area (TPSA) is 67.4 Å². The van der Waals surface area contributed by atoms with E-state index in [9.17, 15) is 9.59 Å². The third kappa shape index (κ3) is 3.33. The Bertz CT molecular complexity index is 230. The van der Waals surface area contributed by atoms with Crippen LogP contribution in [0.2, 0.25) is 0 Å². The highest BCUT2D eigenvalue weighted by Crippen LogP contribution is 2.02. The fraction of sp³-hybridized carbons (Fsp3) is 0.778. The van der Waals surface area contributed by atoms with Gasteiger partial charge in [-0.1, -0.05) is 0 Å². The van der Waals surface area contributed by atoms with Crippen molar-refractivity contribution in [2.45, 2.75) is 31.8 Å². The average Bonchev–Trinajstić information content (AvgIpc) is 2.50. The standard InChI is InChI=1S/C9H16N2O3/c1-6(3-9(13)14-2)11-7-4-8(12)10-5-7/h6-7,11H,3-5H2,1-2H3,(H,10,12). The van der Waals surface area contributed by atoms with Crippen LogP contribution in [-0.2, 0) is 14.3 Å². The molecule has 0 aromatic heterocycles. The molecule has 1 saturated heterocycles. The van der Waals surface area contributed by atoms with Crippen molar-refractivity contribution in [1.82, 2.24) is 10.6 Å². The number of hydrogen-bond acceptors (Lipinski definition) is 4. The van der Waals surface area contributed by atoms with Gasteiger partial charge in [-0.15, -0.1) is 0 Å². The molecule has 5 heteroatoms. The number of methoxy groups -OCH3 is 1. The molecule has 2 unspecified atom stereocenters. The third-order valence-electron chi connectivity index (χ3n) is 2.20. The number of amides is 1. The summed E-state index contributed by atoms with van der Waals surface area (Å²) in [4.78, 5) is 21.8. The minimum atomic E-state index is -0.234. The fourth-order valence-electron chi connectivity index (χ4n) is 1.52. The monoisotopic (exact) mass is 200 g/mol. The lowest BCUT2D eigenvalue weighted by Crippen LogP contribution is -2.39. The molecule has 1 heterocycles. The zero-order valence-electron chi connectivity index (χ0n) is 8.50. The van der Waals surface area contributed by atoms with Crippen LogP contribution in [0.5, 0.6) is 0 Å². The summed E-state index contributed by atoms with van der Waals surface area (Å²) in [7, 11) is 1.37. The lowest BCUT2D eigenvalue weighted by Gasteiger charge is -2.16. The second-order valence-corrected chi connectivity index (χ2v) is 3.55. The summed E-state index contributed by atoms with van der Waals surface area (Å²) in [6, 6.07) is 0.183. The number of hydrogen-bond donors (Lipinski definition) is 2. The SMILES string of the molecule is COC(=O)CC(C)NC1CNC(=O)C1. The highest BCUT2D eigenvalue weighted by atomic mass is 16.5. The van der Waals surface area contributed by atoms with E-state index < -0.39 is 0 Å². The molecule has 0 aliphatic carbocycles. The Kier molecular flexibility index (Phi) is 3.88. The number of nitrogens with one attached hydrogen (secondary N) is 2. The Morgan fingerprint density at radius 2 is 2.50 bits per heavy atom. The summed E-state index contributed by atoms with van der Waals surface area (Å²) in [5.74, 6) is -0.171. The van der Waals surface area contributed by atoms with Gasteiger partial charge >= 0.3 is 5.97 Å². The van der Waals surface area contributed by atoms with Crippen LogP contribution in [0.3, 0.4) is 0 Å². The lowest BCUT2D eigenvalue weighted by molar-refractivity contribution is -0.141. The second-order valence-electron chi connectivity index (χ2n) is 3.55. The molecule has 0 bridgehead atoms. The van der Waals surface area contributed by atoms with Gasteiger partial charge in [0.25, 0.3) is 0 Å². The fourth-order valence-corrected chi connectivity index (χ4v) is 1.52. The Morgan fingerprint density at radius 1 is 1.79 bits per heavy atom. The molecule has 0 aromatic rings. The molecule has 1 fully saturated rings. The first-order valence-electron chi connectivity index (χ1n) is 4.71. The number of ether oxygens (including phenoxy) is 1. The molecule has 1 aliphatic heterocycles. The van der Waals surface area contributed by atoms with Crippen molar-refractivity contribution >= 4 is 11.9 Å². The smallest absolute Gasteiger partial charge is 0.307 e. The molecular formula is C9H16N2O3. The zero-order chi connectivity index (χ0) is 10.6. The van der Waals surface area contributed by atoms with Gasteiger partial charge in [0.2, 0.25) is 5.91 Å². The predicted octanol–water partition coefficient (Wildman–Crippen LogP) is -0.584. The first kappa shape index (κ1) is 11.0. The van der Waals surface area contributed by atoms with E-state index in [2.05, 4.69) is 15.4 Å². The summed E-state index contributed by atoms with van der Waals surface area (Å²) in [5.41, 5.74) is 0. The van der Waals surface area contributed by atoms with Crippen LogP contribution in [0, 0.1) is 0 Å². The van der Waals surface area contributed by atoms with Gasteiger partial charge in [0.15, 0.2) is 0 Å². The molecule has 0 aromatic carbocycles. The quantitative estimate of drug-likeness (QED) is 0.596. The summed E-state index contributed by atoms with van der Waals surface area (Å²) in [5, 5.41) is 5.91. The van der Waals surface area contributed by atoms with Crippen molar-refractivity contribution in [3.8, 4) is 0 Å². The number of rotatable bonds is 4. The van der Waals surface area contributed by atoms with Crippen LogP contribution in [0.4, 0.5) is 0 Å². The maximum absolute atomic E-state index is 10.9. The normalized spacial score (nSPS) is 23.0. The lowest BCUT2D eigenvalue weighted by atomic mass is 10.2. The summed E-state index contributed by atoms with van der Waals surface area (Å²) < 4.78 is 4.54. The van der Waals surface area contributed by atoms with E-state index >= 15 is 0 Å². The van der Waals surface area contributed by atoms with E-state index in [0.717, 1.165) is 0 Å². The molecule has 0 spiro atoms. The third-order valence-corrected chi connectivity index (χ3v) is 2.20. The molecule has 80 valence electrons. The van der Waals surface area contributed by atoms with Crippen molar-refractivity contribution < 1.29 is 14.3 Å². The first-order chi connectivity index (χ1) is 6.61. The Labute approximate surface area is 83.2 Å². The van der Waals surface area contributed by atoms with Crippen molar-refractivity contribution in [1.29, 1.82) is 0 Å². The van der Waals surface area contributed by atoms with Gasteiger partial charge in [0.1, 0.15) is 0 Å². The largest absolute Gasteiger partial charge is 0.469 e. The van der Waals surface area contributed by atoms with Crippen LogP contribution >= 0.6 is 0 Å². The molecule has 1 rings (SSSR count). The Balaban J connectivity index is 2.23. The average molecular weight is 200 g/mol. The van der Waals surface area contributed by atoms with Crippen molar-refractivity contribution in [3.05, 3.63) is 0 Å². The summed E-state index contributed by atoms with van der Waals surface area (Å²) in [6.07, 6.45) is 0.826. The van der Waals surface area contributed by atoms with Gasteiger partial charge in [0, 0.05) is 25.0 Å². The van der Waals surface area contributed by atoms with Crippen molar-refractivity contribution in [2.75, 3.05) is 13.7 Å². The van der Waals surface area contributed by atoms with Gasteiger partial charge in [0.05, 0.1) is 13.5 Å². The van der Waals surface area contributed by atoms with Crippen LogP contribution in [-0.4, -0.2) is 37.6 Å². The molecule has 5 nitrogen and oxygen atoms in total. The molecule has 0 radical (unpaired) electrons. The van der Waals surface area contributed by atoms with Crippen molar-refractivity contribution in [3.63, 3.8) is 0 Å². The number of carbonyl (C=O) groups is 2. The van der Waals surface area contributed by atoms with Crippen molar-refractivity contribution in [2.24, 2.45) is 0 Å². The van der Waals surface area contributed by atoms with Crippen LogP contribution in [0.1, 0.15) is 19.8 Å². The number of carbonyl (C=O) groups excluding carboxylic acids is 2. The van der Waals surface area contributed by atoms with Gasteiger partial charge in [-0.2, -0.15) is 0 Å². The zero-order valence-corrected chi connectivity index (χ0v) is 8.50. The minimum Gasteiger partial charge on any atom is -0.469 e. The molecule has 14 heavy (non-hydrogen) atoms. The van der Waals surface area contributed by atoms with Gasteiger partial charge in [-0.05, 0) is 6.92 Å². The number of esters is 1. The highest BCUT2D eigenvalue weighted by Gasteiger charge is 2.23. The van der Waals surface area contributed by atoms with E-state index in [1.807, 2.05) is 6.92 Å². The van der Waals surface area contributed by atoms with Gasteiger partial charge in [-0.3, -0.25) is 9.59 Å². The summed E-state index contributed by atoms with van der Waals surface area (Å²) in [6.45, 7) is 2.55. The van der Waals surface area contributed by atoms with E-state index in [1.54, 1.807) is 0 Å². The Hall–Kier alpha value is -1.10. The first-order valence-corrected chi connectivity index (χ1v) is 4.71. The summed E-state index contributed by atoms with van der Waals surface area (Å²) >= 11 is 0. The van der Waals surface area contributed by atoms with Gasteiger partial charge < -0.3 is 15.4 Å². The minimum absolute atomic E-state index is 0.0418. The van der Waals surface area contributed by atoms with E-state index in [0.29, 0.717) is 19.4 Å². The van der Waals surface area contributed by atoms with Crippen LogP contribution in [0.25, 0.3) is 0 Å². The van der Waals surface area contributed by atoms with E-state index in [-0.39, 0.29) is 24.0 Å².